The molecule has 0 aromatic heterocycles. The predicted molar refractivity (Wildman–Crippen MR) is 87.5 cm³/mol. The van der Waals surface area contributed by atoms with E-state index in [0.29, 0.717) is 16.2 Å². The van der Waals surface area contributed by atoms with Gasteiger partial charge in [-0.1, -0.05) is 31.2 Å². The van der Waals surface area contributed by atoms with Crippen LogP contribution in [0.4, 0.5) is 0 Å². The summed E-state index contributed by atoms with van der Waals surface area (Å²) in [5, 5.41) is 7.78. The van der Waals surface area contributed by atoms with Crippen LogP contribution in [0.2, 0.25) is 0 Å². The number of nitrogens with zero attached hydrogens (tertiary/aromatic N) is 3. The molecular formula is C15H19N5O4. The average Bonchev–Trinajstić information content (AvgIpc) is 2.57. The molecule has 2 amide bonds. The lowest BCUT2D eigenvalue weighted by Gasteiger charge is -2.13. The van der Waals surface area contributed by atoms with Gasteiger partial charge in [-0.25, -0.2) is 4.79 Å². The third-order valence-corrected chi connectivity index (χ3v) is 2.76. The topological polar surface area (TPSA) is 140 Å². The number of benzene rings is 1. The third-order valence-electron chi connectivity index (χ3n) is 2.76. The highest BCUT2D eigenvalue weighted by Crippen LogP contribution is 2.07. The van der Waals surface area contributed by atoms with Crippen molar-refractivity contribution in [3.8, 4) is 0 Å². The summed E-state index contributed by atoms with van der Waals surface area (Å²) in [6.07, 6.45) is 0.0900. The van der Waals surface area contributed by atoms with Crippen molar-refractivity contribution in [3.05, 3.63) is 35.4 Å². The molecule has 0 unspecified atom stereocenters. The number of hydrogen-bond acceptors (Lipinski definition) is 6. The first kappa shape index (κ1) is 18.8. The van der Waals surface area contributed by atoms with Crippen LogP contribution in [-0.2, 0) is 25.6 Å². The summed E-state index contributed by atoms with van der Waals surface area (Å²) >= 11 is 0. The molecule has 0 saturated heterocycles. The fraction of sp³-hybridized carbons (Fsp3) is 0.267. The standard InChI is InChI=1S/C15H19N5O4/c1-3-13(22)20(9-21)24-14(23)8-11-4-6-12(7-5-11)15(17)19-18-10(2)16/h4-7,9H,3,8H2,1-2H3,(H2,16,18)(H2,17,19). The lowest BCUT2D eigenvalue weighted by molar-refractivity contribution is -0.195. The summed E-state index contributed by atoms with van der Waals surface area (Å²) in [6.45, 7) is 3.13. The Morgan fingerprint density at radius 2 is 1.83 bits per heavy atom. The first-order valence-corrected chi connectivity index (χ1v) is 7.08. The molecule has 0 radical (unpaired) electrons. The van der Waals surface area contributed by atoms with Crippen molar-refractivity contribution >= 4 is 30.0 Å². The molecule has 24 heavy (non-hydrogen) atoms. The molecule has 0 spiro atoms. The maximum absolute atomic E-state index is 11.7. The van der Waals surface area contributed by atoms with Crippen molar-refractivity contribution in [2.45, 2.75) is 26.7 Å². The van der Waals surface area contributed by atoms with Gasteiger partial charge in [0.2, 0.25) is 0 Å². The normalized spacial score (nSPS) is 11.8. The molecule has 9 heteroatoms. The molecule has 0 saturated carbocycles. The number of carbonyl (C=O) groups excluding carboxylic acids is 3. The molecule has 0 aliphatic heterocycles. The molecule has 0 bridgehead atoms. The lowest BCUT2D eigenvalue weighted by atomic mass is 10.1. The molecule has 0 aliphatic rings. The van der Waals surface area contributed by atoms with E-state index in [1.54, 1.807) is 38.1 Å². The van der Waals surface area contributed by atoms with Crippen LogP contribution >= 0.6 is 0 Å². The second-order valence-corrected chi connectivity index (χ2v) is 4.74. The molecule has 4 N–H and O–H groups in total. The maximum atomic E-state index is 11.7. The molecule has 0 atom stereocenters. The minimum atomic E-state index is -0.735. The van der Waals surface area contributed by atoms with Gasteiger partial charge in [-0.2, -0.15) is 0 Å². The molecule has 0 fully saturated rings. The Labute approximate surface area is 138 Å². The van der Waals surface area contributed by atoms with Crippen molar-refractivity contribution in [3.63, 3.8) is 0 Å². The SMILES string of the molecule is CCC(=O)N(C=O)OC(=O)Cc1ccc(/C(N)=N/N=C(/C)N)cc1. The highest BCUT2D eigenvalue weighted by Gasteiger charge is 2.16. The number of rotatable bonds is 6. The highest BCUT2D eigenvalue weighted by molar-refractivity contribution is 5.97. The molecule has 1 rings (SSSR count). The minimum absolute atomic E-state index is 0.0457. The van der Waals surface area contributed by atoms with Gasteiger partial charge in [-0.3, -0.25) is 9.59 Å². The van der Waals surface area contributed by atoms with Crippen LogP contribution in [0, 0.1) is 0 Å². The van der Waals surface area contributed by atoms with E-state index in [4.69, 9.17) is 16.3 Å². The van der Waals surface area contributed by atoms with Crippen molar-refractivity contribution in [1.82, 2.24) is 5.06 Å². The van der Waals surface area contributed by atoms with Crippen LogP contribution < -0.4 is 11.5 Å². The van der Waals surface area contributed by atoms with Gasteiger partial charge >= 0.3 is 5.97 Å². The zero-order valence-corrected chi connectivity index (χ0v) is 13.4. The minimum Gasteiger partial charge on any atom is -0.386 e. The van der Waals surface area contributed by atoms with Crippen LogP contribution in [0.25, 0.3) is 0 Å². The van der Waals surface area contributed by atoms with Gasteiger partial charge in [0.25, 0.3) is 12.3 Å². The van der Waals surface area contributed by atoms with Gasteiger partial charge in [0.15, 0.2) is 5.84 Å². The molecule has 0 aliphatic carbocycles. The fourth-order valence-corrected chi connectivity index (χ4v) is 1.58. The number of amides is 2. The van der Waals surface area contributed by atoms with E-state index in [0.717, 1.165) is 0 Å². The second-order valence-electron chi connectivity index (χ2n) is 4.74. The number of amidine groups is 2. The van der Waals surface area contributed by atoms with Gasteiger partial charge in [0.05, 0.1) is 6.42 Å². The molecule has 1 aromatic carbocycles. The molecule has 128 valence electrons. The summed E-state index contributed by atoms with van der Waals surface area (Å²) in [6, 6.07) is 6.59. The number of hydroxylamine groups is 2. The first-order valence-electron chi connectivity index (χ1n) is 7.08. The van der Waals surface area contributed by atoms with Crippen LogP contribution in [-0.4, -0.2) is 35.0 Å². The zero-order chi connectivity index (χ0) is 18.1. The monoisotopic (exact) mass is 333 g/mol. The van der Waals surface area contributed by atoms with Crippen LogP contribution in [0.3, 0.4) is 0 Å². The van der Waals surface area contributed by atoms with Gasteiger partial charge in [0, 0.05) is 12.0 Å². The maximum Gasteiger partial charge on any atom is 0.337 e. The van der Waals surface area contributed by atoms with E-state index in [1.165, 1.54) is 0 Å². The highest BCUT2D eigenvalue weighted by atomic mass is 16.7. The van der Waals surface area contributed by atoms with Crippen molar-refractivity contribution in [2.24, 2.45) is 21.7 Å². The van der Waals surface area contributed by atoms with E-state index in [2.05, 4.69) is 10.2 Å². The summed E-state index contributed by atoms with van der Waals surface area (Å²) in [4.78, 5) is 38.5. The largest absolute Gasteiger partial charge is 0.386 e. The van der Waals surface area contributed by atoms with Gasteiger partial charge in [0.1, 0.15) is 5.84 Å². The summed E-state index contributed by atoms with van der Waals surface area (Å²) in [5.41, 5.74) is 12.3. The third kappa shape index (κ3) is 5.87. The molecular weight excluding hydrogens is 314 g/mol. The molecule has 9 nitrogen and oxygen atoms in total. The Bertz CT molecular complexity index is 663. The Balaban J connectivity index is 2.72. The predicted octanol–water partition coefficient (Wildman–Crippen LogP) is 0.0797. The Hall–Kier alpha value is -3.23. The van der Waals surface area contributed by atoms with Crippen molar-refractivity contribution < 1.29 is 19.2 Å². The van der Waals surface area contributed by atoms with Crippen LogP contribution in [0.5, 0.6) is 0 Å². The first-order chi connectivity index (χ1) is 11.4. The van der Waals surface area contributed by atoms with Gasteiger partial charge in [-0.15, -0.1) is 15.3 Å². The number of carbonyl (C=O) groups is 3. The van der Waals surface area contributed by atoms with Gasteiger partial charge < -0.3 is 16.3 Å². The van der Waals surface area contributed by atoms with E-state index in [9.17, 15) is 14.4 Å². The van der Waals surface area contributed by atoms with Crippen molar-refractivity contribution in [1.29, 1.82) is 0 Å². The quantitative estimate of drug-likeness (QED) is 0.327. The Morgan fingerprint density at radius 1 is 1.21 bits per heavy atom. The van der Waals surface area contributed by atoms with E-state index in [-0.39, 0.29) is 30.9 Å². The fourth-order valence-electron chi connectivity index (χ4n) is 1.58. The molecule has 1 aromatic rings. The van der Waals surface area contributed by atoms with E-state index in [1.807, 2.05) is 0 Å². The van der Waals surface area contributed by atoms with Crippen LogP contribution in [0.15, 0.2) is 34.5 Å². The Morgan fingerprint density at radius 3 is 2.33 bits per heavy atom. The van der Waals surface area contributed by atoms with E-state index >= 15 is 0 Å². The van der Waals surface area contributed by atoms with Crippen LogP contribution in [0.1, 0.15) is 31.4 Å². The van der Waals surface area contributed by atoms with Crippen molar-refractivity contribution in [2.75, 3.05) is 0 Å². The lowest BCUT2D eigenvalue weighted by Crippen LogP contribution is -2.32. The smallest absolute Gasteiger partial charge is 0.337 e. The number of nitrogens with two attached hydrogens (primary N) is 2. The second kappa shape index (κ2) is 9.03. The Kier molecular flexibility index (Phi) is 7.08. The van der Waals surface area contributed by atoms with E-state index < -0.39 is 11.9 Å². The summed E-state index contributed by atoms with van der Waals surface area (Å²) < 4.78 is 0. The van der Waals surface area contributed by atoms with Gasteiger partial charge in [-0.05, 0) is 12.5 Å². The average molecular weight is 333 g/mol. The summed E-state index contributed by atoms with van der Waals surface area (Å²) in [7, 11) is 0. The zero-order valence-electron chi connectivity index (χ0n) is 13.4. The number of imide groups is 1. The number of hydrogen-bond donors (Lipinski definition) is 2. The summed E-state index contributed by atoms with van der Waals surface area (Å²) in [5.74, 6) is -0.886. The molecule has 0 heterocycles.